The molecule has 0 spiro atoms. The lowest BCUT2D eigenvalue weighted by Crippen LogP contribution is -2.05. The molecule has 0 amide bonds. The molecule has 5 nitrogen and oxygen atoms in total. The monoisotopic (exact) mass is 319 g/mol. The second-order valence-electron chi connectivity index (χ2n) is 5.51. The zero-order valence-electron chi connectivity index (χ0n) is 12.8. The molecule has 2 atom stereocenters. The van der Waals surface area contributed by atoms with Crippen molar-refractivity contribution >= 4 is 11.6 Å². The molecule has 2 heterocycles. The SMILES string of the molecule is COc1ccc(C2C[C@@H]2COc2nc(C)nc(C)c2Cl)nc1. The summed E-state index contributed by atoms with van der Waals surface area (Å²) in [5.41, 5.74) is 1.82. The highest BCUT2D eigenvalue weighted by Gasteiger charge is 2.40. The van der Waals surface area contributed by atoms with Crippen molar-refractivity contribution in [3.63, 3.8) is 0 Å². The topological polar surface area (TPSA) is 57.1 Å². The smallest absolute Gasteiger partial charge is 0.236 e. The second-order valence-corrected chi connectivity index (χ2v) is 5.89. The highest BCUT2D eigenvalue weighted by molar-refractivity contribution is 6.32. The fourth-order valence-corrected chi connectivity index (χ4v) is 2.61. The Bertz CT molecular complexity index is 676. The summed E-state index contributed by atoms with van der Waals surface area (Å²) < 4.78 is 10.9. The van der Waals surface area contributed by atoms with Gasteiger partial charge < -0.3 is 9.47 Å². The molecule has 0 bridgehead atoms. The maximum Gasteiger partial charge on any atom is 0.236 e. The summed E-state index contributed by atoms with van der Waals surface area (Å²) in [7, 11) is 1.64. The van der Waals surface area contributed by atoms with Gasteiger partial charge in [0.05, 0.1) is 25.6 Å². The molecule has 116 valence electrons. The number of ether oxygens (including phenoxy) is 2. The van der Waals surface area contributed by atoms with E-state index in [9.17, 15) is 0 Å². The number of halogens is 1. The number of nitrogens with zero attached hydrogens (tertiary/aromatic N) is 3. The second kappa shape index (κ2) is 6.08. The third-order valence-corrected chi connectivity index (χ3v) is 4.26. The van der Waals surface area contributed by atoms with Crippen molar-refractivity contribution in [2.75, 3.05) is 13.7 Å². The molecule has 6 heteroatoms. The Hall–Kier alpha value is -1.88. The quantitative estimate of drug-likeness (QED) is 0.846. The number of hydrogen-bond donors (Lipinski definition) is 0. The van der Waals surface area contributed by atoms with E-state index in [-0.39, 0.29) is 0 Å². The molecular weight excluding hydrogens is 302 g/mol. The van der Waals surface area contributed by atoms with Gasteiger partial charge in [-0.2, -0.15) is 4.98 Å². The van der Waals surface area contributed by atoms with E-state index < -0.39 is 0 Å². The van der Waals surface area contributed by atoms with E-state index in [1.54, 1.807) is 13.3 Å². The van der Waals surface area contributed by atoms with Crippen LogP contribution in [0.1, 0.15) is 29.6 Å². The highest BCUT2D eigenvalue weighted by atomic mass is 35.5. The van der Waals surface area contributed by atoms with Crippen molar-refractivity contribution in [3.05, 3.63) is 40.6 Å². The van der Waals surface area contributed by atoms with Crippen LogP contribution in [0.3, 0.4) is 0 Å². The minimum atomic E-state index is 0.439. The molecule has 2 aromatic rings. The maximum atomic E-state index is 6.18. The average Bonchev–Trinajstić information content (AvgIpc) is 3.29. The van der Waals surface area contributed by atoms with Crippen molar-refractivity contribution in [1.82, 2.24) is 15.0 Å². The lowest BCUT2D eigenvalue weighted by atomic mass is 10.2. The van der Waals surface area contributed by atoms with Crippen LogP contribution in [0.2, 0.25) is 5.02 Å². The predicted molar refractivity (Wildman–Crippen MR) is 83.6 cm³/mol. The third-order valence-electron chi connectivity index (χ3n) is 3.83. The van der Waals surface area contributed by atoms with Gasteiger partial charge in [0.25, 0.3) is 0 Å². The van der Waals surface area contributed by atoms with Crippen molar-refractivity contribution in [2.45, 2.75) is 26.2 Å². The Morgan fingerprint density at radius 1 is 1.27 bits per heavy atom. The van der Waals surface area contributed by atoms with Crippen molar-refractivity contribution in [1.29, 1.82) is 0 Å². The molecule has 0 aliphatic heterocycles. The molecule has 1 unspecified atom stereocenters. The Morgan fingerprint density at radius 2 is 2.09 bits per heavy atom. The zero-order chi connectivity index (χ0) is 15.7. The standard InChI is InChI=1S/C16H18ClN3O2/c1-9-15(17)16(20-10(2)19-9)22-8-11-6-13(11)14-5-4-12(21-3)7-18-14/h4-5,7,11,13H,6,8H2,1-3H3/t11-,13?/m1/s1. The van der Waals surface area contributed by atoms with Gasteiger partial charge in [0, 0.05) is 17.5 Å². The van der Waals surface area contributed by atoms with Gasteiger partial charge >= 0.3 is 0 Å². The highest BCUT2D eigenvalue weighted by Crippen LogP contribution is 2.47. The molecule has 1 fully saturated rings. The van der Waals surface area contributed by atoms with E-state index in [0.717, 1.165) is 23.6 Å². The van der Waals surface area contributed by atoms with Gasteiger partial charge in [-0.15, -0.1) is 0 Å². The maximum absolute atomic E-state index is 6.18. The van der Waals surface area contributed by atoms with E-state index in [4.69, 9.17) is 21.1 Å². The van der Waals surface area contributed by atoms with Gasteiger partial charge in [-0.25, -0.2) is 4.98 Å². The number of hydrogen-bond acceptors (Lipinski definition) is 5. The van der Waals surface area contributed by atoms with E-state index in [1.165, 1.54) is 0 Å². The summed E-state index contributed by atoms with van der Waals surface area (Å²) >= 11 is 6.18. The van der Waals surface area contributed by atoms with Crippen LogP contribution in [0.5, 0.6) is 11.6 Å². The first kappa shape index (κ1) is 15.0. The number of pyridine rings is 1. The van der Waals surface area contributed by atoms with Gasteiger partial charge in [-0.1, -0.05) is 11.6 Å². The Labute approximate surface area is 134 Å². The van der Waals surface area contributed by atoms with Gasteiger partial charge in [0.1, 0.15) is 16.6 Å². The van der Waals surface area contributed by atoms with Crippen LogP contribution in [0, 0.1) is 19.8 Å². The van der Waals surface area contributed by atoms with Crippen LogP contribution in [0.15, 0.2) is 18.3 Å². The fraction of sp³-hybridized carbons (Fsp3) is 0.438. The molecule has 0 N–H and O–H groups in total. The lowest BCUT2D eigenvalue weighted by molar-refractivity contribution is 0.284. The van der Waals surface area contributed by atoms with Crippen molar-refractivity contribution in [2.24, 2.45) is 5.92 Å². The fourth-order valence-electron chi connectivity index (χ4n) is 2.48. The average molecular weight is 320 g/mol. The Kier molecular flexibility index (Phi) is 4.16. The van der Waals surface area contributed by atoms with Crippen LogP contribution in [-0.4, -0.2) is 28.7 Å². The van der Waals surface area contributed by atoms with Crippen LogP contribution in [0.4, 0.5) is 0 Å². The minimum Gasteiger partial charge on any atom is -0.495 e. The van der Waals surface area contributed by atoms with Crippen LogP contribution in [-0.2, 0) is 0 Å². The summed E-state index contributed by atoms with van der Waals surface area (Å²) in [6, 6.07) is 3.95. The van der Waals surface area contributed by atoms with Gasteiger partial charge in [0.15, 0.2) is 0 Å². The van der Waals surface area contributed by atoms with Crippen LogP contribution in [0.25, 0.3) is 0 Å². The van der Waals surface area contributed by atoms with Gasteiger partial charge in [0.2, 0.25) is 5.88 Å². The molecule has 0 radical (unpaired) electrons. The van der Waals surface area contributed by atoms with Gasteiger partial charge in [-0.05, 0) is 32.4 Å². The molecule has 3 rings (SSSR count). The zero-order valence-corrected chi connectivity index (χ0v) is 13.6. The number of rotatable bonds is 5. The Morgan fingerprint density at radius 3 is 2.77 bits per heavy atom. The lowest BCUT2D eigenvalue weighted by Gasteiger charge is -2.09. The minimum absolute atomic E-state index is 0.439. The van der Waals surface area contributed by atoms with E-state index in [2.05, 4.69) is 15.0 Å². The summed E-state index contributed by atoms with van der Waals surface area (Å²) in [4.78, 5) is 12.9. The summed E-state index contributed by atoms with van der Waals surface area (Å²) in [6.07, 6.45) is 2.82. The first-order chi connectivity index (χ1) is 10.6. The molecule has 0 saturated heterocycles. The third kappa shape index (κ3) is 3.14. The molecule has 2 aromatic heterocycles. The van der Waals surface area contributed by atoms with Crippen LogP contribution < -0.4 is 9.47 Å². The molecular formula is C16H18ClN3O2. The van der Waals surface area contributed by atoms with E-state index in [1.807, 2.05) is 26.0 Å². The van der Waals surface area contributed by atoms with Crippen molar-refractivity contribution in [3.8, 4) is 11.6 Å². The largest absolute Gasteiger partial charge is 0.495 e. The summed E-state index contributed by atoms with van der Waals surface area (Å²) in [5.74, 6) is 2.80. The van der Waals surface area contributed by atoms with E-state index in [0.29, 0.717) is 35.2 Å². The van der Waals surface area contributed by atoms with Crippen molar-refractivity contribution < 1.29 is 9.47 Å². The number of aromatic nitrogens is 3. The normalized spacial score (nSPS) is 19.8. The summed E-state index contributed by atoms with van der Waals surface area (Å²) in [5, 5.41) is 0.491. The first-order valence-electron chi connectivity index (χ1n) is 7.22. The molecule has 0 aromatic carbocycles. The molecule has 1 aliphatic rings. The van der Waals surface area contributed by atoms with Gasteiger partial charge in [-0.3, -0.25) is 4.98 Å². The molecule has 1 aliphatic carbocycles. The number of aryl methyl sites for hydroxylation is 2. The summed E-state index contributed by atoms with van der Waals surface area (Å²) in [6.45, 7) is 4.27. The Balaban J connectivity index is 1.60. The predicted octanol–water partition coefficient (Wildman–Crippen LogP) is 3.33. The molecule has 1 saturated carbocycles. The van der Waals surface area contributed by atoms with E-state index >= 15 is 0 Å². The number of methoxy groups -OCH3 is 1. The van der Waals surface area contributed by atoms with Crippen LogP contribution >= 0.6 is 11.6 Å². The first-order valence-corrected chi connectivity index (χ1v) is 7.59. The molecule has 22 heavy (non-hydrogen) atoms.